The minimum Gasteiger partial charge on any atom is -0.387 e. The molecule has 3 rings (SSSR count). The van der Waals surface area contributed by atoms with E-state index >= 15 is 0 Å². The summed E-state index contributed by atoms with van der Waals surface area (Å²) in [6.07, 6.45) is 1.79. The molecule has 8 nitrogen and oxygen atoms in total. The van der Waals surface area contributed by atoms with Gasteiger partial charge in [-0.1, -0.05) is 0 Å². The van der Waals surface area contributed by atoms with E-state index in [9.17, 15) is 0 Å². The zero-order valence-corrected chi connectivity index (χ0v) is 9.82. The first-order valence-electron chi connectivity index (χ1n) is 5.88. The lowest BCUT2D eigenvalue weighted by molar-refractivity contribution is 0.492. The average Bonchev–Trinajstić information content (AvgIpc) is 2.86. The number of anilines is 1. The number of nitrogens with one attached hydrogen (secondary N) is 1. The van der Waals surface area contributed by atoms with Crippen LogP contribution in [0.15, 0.2) is 12.1 Å². The van der Waals surface area contributed by atoms with Crippen molar-refractivity contribution in [3.8, 4) is 0 Å². The summed E-state index contributed by atoms with van der Waals surface area (Å²) >= 11 is 0. The van der Waals surface area contributed by atoms with Gasteiger partial charge in [0.15, 0.2) is 11.5 Å². The summed E-state index contributed by atoms with van der Waals surface area (Å²) in [5.74, 6) is 1.35. The predicted molar refractivity (Wildman–Crippen MR) is 65.4 cm³/mol. The normalized spacial score (nSPS) is 17.2. The Bertz CT molecular complexity index is 568. The van der Waals surface area contributed by atoms with E-state index in [2.05, 4.69) is 25.5 Å². The number of nitrogens with zero attached hydrogens (tertiary/aromatic N) is 6. The third-order valence-corrected chi connectivity index (χ3v) is 3.31. The van der Waals surface area contributed by atoms with Crippen LogP contribution in [0, 0.1) is 11.3 Å². The number of hydrogen-bond acceptors (Lipinski definition) is 6. The molecule has 1 aliphatic rings. The number of aromatic nitrogens is 5. The van der Waals surface area contributed by atoms with E-state index < -0.39 is 0 Å². The van der Waals surface area contributed by atoms with Crippen LogP contribution in [0.3, 0.4) is 0 Å². The fourth-order valence-corrected chi connectivity index (χ4v) is 2.23. The van der Waals surface area contributed by atoms with Crippen LogP contribution in [-0.4, -0.2) is 44.2 Å². The molecule has 0 saturated carbocycles. The van der Waals surface area contributed by atoms with Crippen molar-refractivity contribution >= 4 is 17.3 Å². The maximum absolute atomic E-state index is 7.46. The van der Waals surface area contributed by atoms with Gasteiger partial charge in [0, 0.05) is 19.0 Å². The van der Waals surface area contributed by atoms with Crippen molar-refractivity contribution in [1.29, 1.82) is 5.41 Å². The largest absolute Gasteiger partial charge is 0.387 e. The number of nitrogens with two attached hydrogens (primary N) is 1. The number of hydrogen-bond donors (Lipinski definition) is 2. The second kappa shape index (κ2) is 4.21. The van der Waals surface area contributed by atoms with Gasteiger partial charge < -0.3 is 10.6 Å². The van der Waals surface area contributed by atoms with Gasteiger partial charge in [0.2, 0.25) is 0 Å². The highest BCUT2D eigenvalue weighted by Crippen LogP contribution is 2.21. The van der Waals surface area contributed by atoms with Gasteiger partial charge in [-0.05, 0) is 35.4 Å². The van der Waals surface area contributed by atoms with Gasteiger partial charge in [0.1, 0.15) is 0 Å². The Kier molecular flexibility index (Phi) is 2.54. The molecule has 0 atom stereocenters. The van der Waals surface area contributed by atoms with Gasteiger partial charge >= 0.3 is 0 Å². The summed E-state index contributed by atoms with van der Waals surface area (Å²) in [6, 6.07) is 3.76. The number of tetrazole rings is 1. The van der Waals surface area contributed by atoms with Crippen LogP contribution < -0.4 is 10.6 Å². The first-order valence-corrected chi connectivity index (χ1v) is 5.88. The van der Waals surface area contributed by atoms with E-state index in [0.717, 1.165) is 31.7 Å². The van der Waals surface area contributed by atoms with Gasteiger partial charge in [-0.3, -0.25) is 5.41 Å². The lowest BCUT2D eigenvalue weighted by Crippen LogP contribution is -2.38. The molecule has 3 heterocycles. The first kappa shape index (κ1) is 10.9. The molecule has 0 amide bonds. The van der Waals surface area contributed by atoms with E-state index in [1.807, 2.05) is 12.1 Å². The molecular weight excluding hydrogens is 232 g/mol. The molecule has 18 heavy (non-hydrogen) atoms. The summed E-state index contributed by atoms with van der Waals surface area (Å²) < 4.78 is 1.42. The molecule has 1 saturated heterocycles. The van der Waals surface area contributed by atoms with Crippen molar-refractivity contribution in [2.75, 3.05) is 18.0 Å². The molecule has 94 valence electrons. The molecule has 0 aromatic carbocycles. The number of piperidine rings is 1. The summed E-state index contributed by atoms with van der Waals surface area (Å²) in [7, 11) is 0. The van der Waals surface area contributed by atoms with Crippen LogP contribution in [0.2, 0.25) is 0 Å². The second-order valence-electron chi connectivity index (χ2n) is 4.43. The van der Waals surface area contributed by atoms with E-state index in [4.69, 9.17) is 11.1 Å². The topological polar surface area (TPSA) is 109 Å². The standard InChI is InChI=1S/C10H14N8/c11-10(12)7-3-5-17(6-4-7)9-2-1-8-13-15-16-18(8)14-9/h1-2,7H,3-6H2,(H3,11,12). The monoisotopic (exact) mass is 246 g/mol. The molecule has 0 radical (unpaired) electrons. The van der Waals surface area contributed by atoms with Gasteiger partial charge in [-0.15, -0.1) is 14.8 Å². The Labute approximate surface area is 103 Å². The van der Waals surface area contributed by atoms with Crippen LogP contribution >= 0.6 is 0 Å². The van der Waals surface area contributed by atoms with Crippen molar-refractivity contribution in [2.45, 2.75) is 12.8 Å². The van der Waals surface area contributed by atoms with Gasteiger partial charge in [0.25, 0.3) is 0 Å². The number of fused-ring (bicyclic) bond motifs is 1. The number of rotatable bonds is 2. The van der Waals surface area contributed by atoms with Gasteiger partial charge in [-0.2, -0.15) is 0 Å². The zero-order valence-electron chi connectivity index (χ0n) is 9.82. The Balaban J connectivity index is 1.77. The van der Waals surface area contributed by atoms with Crippen molar-refractivity contribution in [1.82, 2.24) is 25.3 Å². The molecule has 1 fully saturated rings. The van der Waals surface area contributed by atoms with Crippen LogP contribution in [0.4, 0.5) is 5.82 Å². The molecule has 3 N–H and O–H groups in total. The number of amidine groups is 1. The minimum atomic E-state index is 0.206. The zero-order chi connectivity index (χ0) is 12.5. The quantitative estimate of drug-likeness (QED) is 0.554. The first-order chi connectivity index (χ1) is 8.74. The minimum absolute atomic E-state index is 0.206. The Morgan fingerprint density at radius 2 is 2.11 bits per heavy atom. The molecule has 0 aliphatic carbocycles. The predicted octanol–water partition coefficient (Wildman–Crippen LogP) is -0.328. The molecule has 0 unspecified atom stereocenters. The van der Waals surface area contributed by atoms with Crippen molar-refractivity contribution < 1.29 is 0 Å². The highest BCUT2D eigenvalue weighted by atomic mass is 15.6. The lowest BCUT2D eigenvalue weighted by atomic mass is 9.96. The second-order valence-corrected chi connectivity index (χ2v) is 4.43. The van der Waals surface area contributed by atoms with Crippen molar-refractivity contribution in [3.63, 3.8) is 0 Å². The summed E-state index contributed by atoms with van der Waals surface area (Å²) in [5, 5.41) is 23.0. The summed E-state index contributed by atoms with van der Waals surface area (Å²) in [5.41, 5.74) is 6.17. The molecule has 2 aromatic rings. The summed E-state index contributed by atoms with van der Waals surface area (Å²) in [4.78, 5) is 2.17. The molecule has 1 aliphatic heterocycles. The van der Waals surface area contributed by atoms with Crippen molar-refractivity contribution in [2.24, 2.45) is 11.7 Å². The average molecular weight is 246 g/mol. The van der Waals surface area contributed by atoms with E-state index in [0.29, 0.717) is 11.5 Å². The van der Waals surface area contributed by atoms with Crippen LogP contribution in [0.5, 0.6) is 0 Å². The summed E-state index contributed by atoms with van der Waals surface area (Å²) in [6.45, 7) is 1.70. The van der Waals surface area contributed by atoms with Crippen molar-refractivity contribution in [3.05, 3.63) is 12.1 Å². The molecular formula is C10H14N8. The van der Waals surface area contributed by atoms with Crippen LogP contribution in [-0.2, 0) is 0 Å². The Morgan fingerprint density at radius 1 is 1.33 bits per heavy atom. The Hall–Kier alpha value is -2.25. The van der Waals surface area contributed by atoms with Crippen LogP contribution in [0.25, 0.3) is 5.65 Å². The van der Waals surface area contributed by atoms with E-state index in [1.165, 1.54) is 4.63 Å². The van der Waals surface area contributed by atoms with E-state index in [1.54, 1.807) is 0 Å². The maximum Gasteiger partial charge on any atom is 0.200 e. The fraction of sp³-hybridized carbons (Fsp3) is 0.500. The maximum atomic E-state index is 7.46. The molecule has 0 spiro atoms. The van der Waals surface area contributed by atoms with Gasteiger partial charge in [0.05, 0.1) is 5.84 Å². The fourth-order valence-electron chi connectivity index (χ4n) is 2.23. The molecule has 2 aromatic heterocycles. The Morgan fingerprint density at radius 3 is 2.83 bits per heavy atom. The van der Waals surface area contributed by atoms with Crippen LogP contribution in [0.1, 0.15) is 12.8 Å². The third-order valence-electron chi connectivity index (χ3n) is 3.31. The third kappa shape index (κ3) is 1.85. The van der Waals surface area contributed by atoms with Gasteiger partial charge in [-0.25, -0.2) is 0 Å². The SMILES string of the molecule is N=C(N)C1CCN(c2ccc3nnnn3n2)CC1. The highest BCUT2D eigenvalue weighted by molar-refractivity contribution is 5.79. The highest BCUT2D eigenvalue weighted by Gasteiger charge is 2.22. The van der Waals surface area contributed by atoms with E-state index in [-0.39, 0.29) is 5.92 Å². The lowest BCUT2D eigenvalue weighted by Gasteiger charge is -2.31. The smallest absolute Gasteiger partial charge is 0.200 e. The molecule has 0 bridgehead atoms. The molecule has 8 heteroatoms.